The largest absolute Gasteiger partial charge is 0.483 e. The highest BCUT2D eigenvalue weighted by Crippen LogP contribution is 2.32. The van der Waals surface area contributed by atoms with Crippen molar-refractivity contribution in [2.75, 3.05) is 6.61 Å². The van der Waals surface area contributed by atoms with Gasteiger partial charge < -0.3 is 10.1 Å². The first-order valence-electron chi connectivity index (χ1n) is 7.24. The average Bonchev–Trinajstić information content (AvgIpc) is 3.31. The van der Waals surface area contributed by atoms with Crippen molar-refractivity contribution in [1.82, 2.24) is 5.32 Å². The monoisotopic (exact) mass is 303 g/mol. The molecule has 0 aliphatic heterocycles. The number of hydrogen-bond donors (Lipinski definition) is 1. The summed E-state index contributed by atoms with van der Waals surface area (Å²) in [6.45, 7) is 2.08. The van der Waals surface area contributed by atoms with Gasteiger partial charge in [-0.2, -0.15) is 0 Å². The standard InChI is InChI=1S/C17H18ClNO2/c1-11(12-6-7-12)19-17(20)10-21-16-9-8-15(18)13-4-2-3-5-14(13)16/h2-5,8-9,11-12H,6-7,10H2,1H3,(H,19,20). The number of nitrogens with one attached hydrogen (secondary N) is 1. The van der Waals surface area contributed by atoms with E-state index in [4.69, 9.17) is 16.3 Å². The van der Waals surface area contributed by atoms with Crippen molar-refractivity contribution in [2.24, 2.45) is 5.92 Å². The van der Waals surface area contributed by atoms with Crippen LogP contribution in [-0.2, 0) is 4.79 Å². The molecule has 0 saturated heterocycles. The number of halogens is 1. The number of rotatable bonds is 5. The van der Waals surface area contributed by atoms with Crippen LogP contribution in [0.3, 0.4) is 0 Å². The van der Waals surface area contributed by atoms with Crippen LogP contribution in [0.1, 0.15) is 19.8 Å². The molecule has 1 atom stereocenters. The van der Waals surface area contributed by atoms with Crippen molar-refractivity contribution in [1.29, 1.82) is 0 Å². The van der Waals surface area contributed by atoms with E-state index in [-0.39, 0.29) is 18.6 Å². The van der Waals surface area contributed by atoms with Gasteiger partial charge in [0, 0.05) is 21.8 Å². The molecule has 3 nitrogen and oxygen atoms in total. The van der Waals surface area contributed by atoms with E-state index in [0.717, 1.165) is 10.8 Å². The molecule has 2 aromatic rings. The molecule has 1 aliphatic rings. The molecule has 1 fully saturated rings. The van der Waals surface area contributed by atoms with Gasteiger partial charge in [0.05, 0.1) is 0 Å². The minimum absolute atomic E-state index is 0.0304. The molecule has 110 valence electrons. The zero-order chi connectivity index (χ0) is 14.8. The number of hydrogen-bond acceptors (Lipinski definition) is 2. The van der Waals surface area contributed by atoms with E-state index in [2.05, 4.69) is 5.32 Å². The lowest BCUT2D eigenvalue weighted by Crippen LogP contribution is -2.37. The Morgan fingerprint density at radius 3 is 2.71 bits per heavy atom. The van der Waals surface area contributed by atoms with Gasteiger partial charge in [-0.1, -0.05) is 35.9 Å². The summed E-state index contributed by atoms with van der Waals surface area (Å²) in [6, 6.07) is 11.6. The van der Waals surface area contributed by atoms with Crippen molar-refractivity contribution < 1.29 is 9.53 Å². The summed E-state index contributed by atoms with van der Waals surface area (Å²) in [5.41, 5.74) is 0. The summed E-state index contributed by atoms with van der Waals surface area (Å²) >= 11 is 6.17. The van der Waals surface area contributed by atoms with Gasteiger partial charge >= 0.3 is 0 Å². The van der Waals surface area contributed by atoms with E-state index >= 15 is 0 Å². The average molecular weight is 304 g/mol. The summed E-state index contributed by atoms with van der Waals surface area (Å²) in [4.78, 5) is 11.9. The lowest BCUT2D eigenvalue weighted by atomic mass is 10.1. The fourth-order valence-corrected chi connectivity index (χ4v) is 2.74. The first-order valence-corrected chi connectivity index (χ1v) is 7.62. The molecule has 1 unspecified atom stereocenters. The van der Waals surface area contributed by atoms with Gasteiger partial charge in [0.25, 0.3) is 5.91 Å². The Morgan fingerprint density at radius 1 is 1.29 bits per heavy atom. The van der Waals surface area contributed by atoms with E-state index in [0.29, 0.717) is 16.7 Å². The molecule has 1 aliphatic carbocycles. The quantitative estimate of drug-likeness (QED) is 0.912. The summed E-state index contributed by atoms with van der Waals surface area (Å²) < 4.78 is 5.67. The number of carbonyl (C=O) groups is 1. The fraction of sp³-hybridized carbons (Fsp3) is 0.353. The second-order valence-electron chi connectivity index (χ2n) is 5.57. The zero-order valence-electron chi connectivity index (χ0n) is 11.9. The van der Waals surface area contributed by atoms with Crippen molar-refractivity contribution >= 4 is 28.3 Å². The highest BCUT2D eigenvalue weighted by molar-refractivity contribution is 6.35. The van der Waals surface area contributed by atoms with Crippen LogP contribution in [0.25, 0.3) is 10.8 Å². The topological polar surface area (TPSA) is 38.3 Å². The van der Waals surface area contributed by atoms with Crippen molar-refractivity contribution in [3.05, 3.63) is 41.4 Å². The van der Waals surface area contributed by atoms with Gasteiger partial charge in [-0.05, 0) is 37.8 Å². The van der Waals surface area contributed by atoms with E-state index < -0.39 is 0 Å². The Morgan fingerprint density at radius 2 is 2.00 bits per heavy atom. The van der Waals surface area contributed by atoms with E-state index in [1.807, 2.05) is 37.3 Å². The number of benzene rings is 2. The zero-order valence-corrected chi connectivity index (χ0v) is 12.7. The molecule has 21 heavy (non-hydrogen) atoms. The second kappa shape index (κ2) is 5.94. The molecule has 1 saturated carbocycles. The predicted molar refractivity (Wildman–Crippen MR) is 84.8 cm³/mol. The molecule has 0 radical (unpaired) electrons. The van der Waals surface area contributed by atoms with Gasteiger partial charge in [-0.25, -0.2) is 0 Å². The van der Waals surface area contributed by atoms with Crippen LogP contribution in [0.2, 0.25) is 5.02 Å². The third-order valence-electron chi connectivity index (χ3n) is 3.91. The third-order valence-corrected chi connectivity index (χ3v) is 4.24. The molecule has 0 aromatic heterocycles. The molecule has 4 heteroatoms. The SMILES string of the molecule is CC(NC(=O)COc1ccc(Cl)c2ccccc12)C1CC1. The van der Waals surface area contributed by atoms with Crippen LogP contribution in [0, 0.1) is 5.92 Å². The second-order valence-corrected chi connectivity index (χ2v) is 5.98. The van der Waals surface area contributed by atoms with Crippen LogP contribution < -0.4 is 10.1 Å². The number of carbonyl (C=O) groups excluding carboxylic acids is 1. The maximum atomic E-state index is 11.9. The Bertz CT molecular complexity index is 667. The van der Waals surface area contributed by atoms with Crippen molar-refractivity contribution in [3.8, 4) is 5.75 Å². The van der Waals surface area contributed by atoms with Crippen LogP contribution >= 0.6 is 11.6 Å². The lowest BCUT2D eigenvalue weighted by molar-refractivity contribution is -0.123. The minimum atomic E-state index is -0.0755. The molecule has 3 rings (SSSR count). The molecule has 0 heterocycles. The maximum Gasteiger partial charge on any atom is 0.258 e. The predicted octanol–water partition coefficient (Wildman–Crippen LogP) is 3.79. The van der Waals surface area contributed by atoms with Crippen molar-refractivity contribution in [2.45, 2.75) is 25.8 Å². The Balaban J connectivity index is 1.67. The first-order chi connectivity index (χ1) is 10.1. The Labute approximate surface area is 129 Å². The Kier molecular flexibility index (Phi) is 4.02. The molecular formula is C17H18ClNO2. The van der Waals surface area contributed by atoms with Gasteiger partial charge in [0.1, 0.15) is 5.75 Å². The molecule has 1 N–H and O–H groups in total. The number of fused-ring (bicyclic) bond motifs is 1. The lowest BCUT2D eigenvalue weighted by Gasteiger charge is -2.14. The molecule has 1 amide bonds. The van der Waals surface area contributed by atoms with Crippen LogP contribution in [-0.4, -0.2) is 18.6 Å². The summed E-state index contributed by atoms with van der Waals surface area (Å²) in [5, 5.41) is 5.52. The normalized spacial score (nSPS) is 15.7. The minimum Gasteiger partial charge on any atom is -0.483 e. The molecule has 0 spiro atoms. The first kappa shape index (κ1) is 14.2. The third kappa shape index (κ3) is 3.30. The van der Waals surface area contributed by atoms with Gasteiger partial charge in [0.15, 0.2) is 6.61 Å². The van der Waals surface area contributed by atoms with E-state index in [1.54, 1.807) is 6.07 Å². The van der Waals surface area contributed by atoms with Crippen molar-refractivity contribution in [3.63, 3.8) is 0 Å². The molecule has 2 aromatic carbocycles. The molecular weight excluding hydrogens is 286 g/mol. The van der Waals surface area contributed by atoms with Gasteiger partial charge in [0.2, 0.25) is 0 Å². The van der Waals surface area contributed by atoms with Crippen LogP contribution in [0.15, 0.2) is 36.4 Å². The summed E-state index contributed by atoms with van der Waals surface area (Å²) in [6.07, 6.45) is 2.42. The van der Waals surface area contributed by atoms with Gasteiger partial charge in [-0.3, -0.25) is 4.79 Å². The summed E-state index contributed by atoms with van der Waals surface area (Å²) in [7, 11) is 0. The van der Waals surface area contributed by atoms with Gasteiger partial charge in [-0.15, -0.1) is 0 Å². The highest BCUT2D eigenvalue weighted by Gasteiger charge is 2.28. The van der Waals surface area contributed by atoms with Crippen LogP contribution in [0.4, 0.5) is 0 Å². The molecule has 0 bridgehead atoms. The highest BCUT2D eigenvalue weighted by atomic mass is 35.5. The van der Waals surface area contributed by atoms with E-state index in [9.17, 15) is 4.79 Å². The fourth-order valence-electron chi connectivity index (χ4n) is 2.51. The van der Waals surface area contributed by atoms with E-state index in [1.165, 1.54) is 12.8 Å². The number of ether oxygens (including phenoxy) is 1. The van der Waals surface area contributed by atoms with Crippen LogP contribution in [0.5, 0.6) is 5.75 Å². The smallest absolute Gasteiger partial charge is 0.258 e. The Hall–Kier alpha value is -1.74. The maximum absolute atomic E-state index is 11.9. The summed E-state index contributed by atoms with van der Waals surface area (Å²) in [5.74, 6) is 1.25. The number of amides is 1.